The van der Waals surface area contributed by atoms with Gasteiger partial charge in [0, 0.05) is 67.9 Å². The summed E-state index contributed by atoms with van der Waals surface area (Å²) in [6.07, 6.45) is 17.0. The highest BCUT2D eigenvalue weighted by molar-refractivity contribution is 7.19. The maximum atomic E-state index is 9.80. The van der Waals surface area contributed by atoms with Crippen molar-refractivity contribution in [1.82, 2.24) is 58.7 Å². The van der Waals surface area contributed by atoms with Crippen LogP contribution in [0, 0.1) is 13.8 Å². The van der Waals surface area contributed by atoms with E-state index in [0.29, 0.717) is 56.7 Å². The lowest BCUT2D eigenvalue weighted by molar-refractivity contribution is 0.266. The molecular weight excluding hydrogens is 1370 g/mol. The average Bonchev–Trinajstić information content (AvgIpc) is 1.64. The quantitative estimate of drug-likeness (QED) is 0.0413. The minimum atomic E-state index is 0.0629. The summed E-state index contributed by atoms with van der Waals surface area (Å²) < 4.78 is 43.1. The number of aliphatic hydroxyl groups is 3. The number of nitrogens with two attached hydrogens (primary N) is 1. The number of fused-ring (bicyclic) bond motifs is 3. The Morgan fingerprint density at radius 3 is 1.23 bits per heavy atom. The highest BCUT2D eigenvalue weighted by Gasteiger charge is 2.31. The van der Waals surface area contributed by atoms with Gasteiger partial charge < -0.3 is 68.9 Å². The molecule has 0 amide bonds. The van der Waals surface area contributed by atoms with Gasteiger partial charge >= 0.3 is 0 Å². The number of rotatable bonds is 20. The summed E-state index contributed by atoms with van der Waals surface area (Å²) in [4.78, 5) is 36.3. The number of halogens is 1. The molecule has 0 aliphatic carbocycles. The fourth-order valence-electron chi connectivity index (χ4n) is 12.6. The van der Waals surface area contributed by atoms with E-state index in [0.717, 1.165) is 140 Å². The van der Waals surface area contributed by atoms with Crippen molar-refractivity contribution in [3.05, 3.63) is 126 Å². The van der Waals surface area contributed by atoms with Crippen molar-refractivity contribution in [2.24, 2.45) is 0 Å². The van der Waals surface area contributed by atoms with Crippen molar-refractivity contribution >= 4 is 107 Å². The van der Waals surface area contributed by atoms with Crippen molar-refractivity contribution in [3.8, 4) is 71.6 Å². The Balaban J connectivity index is 0.000000133. The monoisotopic (exact) mass is 1450 g/mol. The maximum absolute atomic E-state index is 9.80. The van der Waals surface area contributed by atoms with Gasteiger partial charge in [0.15, 0.2) is 55.8 Å². The first kappa shape index (κ1) is 70.8. The number of aromatic nitrogens is 12. The zero-order valence-corrected chi connectivity index (χ0v) is 60.4. The highest BCUT2D eigenvalue weighted by atomic mass is 35.5. The minimum Gasteiger partial charge on any atom is -0.496 e. The molecule has 0 unspecified atom stereocenters. The van der Waals surface area contributed by atoms with E-state index in [2.05, 4.69) is 80.5 Å². The van der Waals surface area contributed by atoms with Crippen molar-refractivity contribution in [3.63, 3.8) is 0 Å². The fraction of sp³-hybridized carbons (Fsp3) is 0.348. The number of ether oxygens (including phenoxy) is 7. The third-order valence-electron chi connectivity index (χ3n) is 17.7. The fourth-order valence-corrected chi connectivity index (χ4v) is 15.0. The Morgan fingerprint density at radius 1 is 0.485 bits per heavy atom. The van der Waals surface area contributed by atoms with Gasteiger partial charge in [0.25, 0.3) is 0 Å². The molecule has 3 aliphatic heterocycles. The van der Waals surface area contributed by atoms with E-state index >= 15 is 0 Å². The smallest absolute Gasteiger partial charge is 0.249 e. The summed E-state index contributed by atoms with van der Waals surface area (Å²) in [7, 11) is 11.2. The second-order valence-electron chi connectivity index (χ2n) is 23.6. The van der Waals surface area contributed by atoms with Crippen LogP contribution in [0.25, 0.3) is 47.9 Å². The lowest BCUT2D eigenvalue weighted by Crippen LogP contribution is -2.33. The number of nitrogen functional groups attached to an aromatic ring is 1. The second-order valence-corrected chi connectivity index (χ2v) is 27.0. The molecule has 3 saturated heterocycles. The number of nitrogens with zero attached hydrogens (tertiary/aromatic N) is 15. The number of anilines is 8. The minimum absolute atomic E-state index is 0.0629. The zero-order chi connectivity index (χ0) is 70.8. The Bertz CT molecular complexity index is 4760. The SMILES string of the molecule is COc1cc(-c2cnc(N)s2)cc(OC)c1OC.COc1cc(-c2cnc(Nc3nc(N4CCC[C@H]4CO)c4cccn4n3)s2)cc(C)c1C.COc1cc(-c2cnc(Nc3nc(N4CCC[C@H]4CO)c4cccn4n3)s2)cc(OC)c1OC.OC[C@@H]1CCCN1c1nc(Cl)nn2cccc12. The molecule has 3 aliphatic rings. The lowest BCUT2D eigenvalue weighted by atomic mass is 10.0. The molecule has 3 aromatic carbocycles. The van der Waals surface area contributed by atoms with Crippen LogP contribution in [-0.2, 0) is 0 Å². The Labute approximate surface area is 599 Å². The molecule has 0 spiro atoms. The third kappa shape index (κ3) is 15.4. The van der Waals surface area contributed by atoms with Crippen LogP contribution in [-0.4, -0.2) is 181 Å². The number of hydrogen-bond acceptors (Lipinski definition) is 28. The van der Waals surface area contributed by atoms with E-state index < -0.39 is 0 Å². The molecule has 28 nitrogen and oxygen atoms in total. The topological polar surface area (TPSA) is 314 Å². The Hall–Kier alpha value is -10.0. The standard InChI is InChI=1S/C23H26N6O4S.C23H26N6O2S.C12H14N2O3S.C11H13ClN4O/c1-31-17-10-14(11-18(32-2)20(17)33-3)19-12-24-23(34-19)26-22-25-21(16-7-5-9-29(16)27-22)28-8-4-6-15(28)13-30;1-14-10-16(11-19(31-3)15(14)2)20-12-24-23(32-20)26-22-25-21(18-7-5-9-29(18)27-22)28-8-4-6-17(28)13-30;1-15-8-4-7(10-6-14-12(13)18-10)5-9(16-2)11(8)17-3;12-11-13-10(9-4-2-6-16(9)14-11)15-5-1-3-8(15)7-17/h5,7,9-12,15,30H,4,6,8,13H2,1-3H3,(H,24,26,27);5,7,9-12,17,30H,4,6,8,13H2,1-3H3,(H,24,26,27);4-6H,1-3H3,(H2,13,14);2,4,6,8,17H,1,3,5,7H2/t15-;17-;;8-/m00.0/s1. The van der Waals surface area contributed by atoms with Crippen molar-refractivity contribution < 1.29 is 48.5 Å². The number of hydrogen-bond donors (Lipinski definition) is 6. The van der Waals surface area contributed by atoms with Gasteiger partial charge in [-0.2, -0.15) is 15.0 Å². The first-order chi connectivity index (χ1) is 49.2. The molecule has 12 heterocycles. The van der Waals surface area contributed by atoms with Crippen molar-refractivity contribution in [2.75, 3.05) is 120 Å². The molecule has 0 saturated carbocycles. The largest absolute Gasteiger partial charge is 0.496 e. The summed E-state index contributed by atoms with van der Waals surface area (Å²) in [6, 6.07) is 23.7. The van der Waals surface area contributed by atoms with Gasteiger partial charge in [0.1, 0.15) is 22.3 Å². The van der Waals surface area contributed by atoms with E-state index in [1.165, 1.54) is 28.2 Å². The van der Waals surface area contributed by atoms with E-state index in [1.807, 2.05) is 96.0 Å². The second kappa shape index (κ2) is 32.1. The van der Waals surface area contributed by atoms with Crippen molar-refractivity contribution in [2.45, 2.75) is 70.5 Å². The lowest BCUT2D eigenvalue weighted by Gasteiger charge is -2.25. The number of aliphatic hydroxyl groups excluding tert-OH is 3. The van der Waals surface area contributed by atoms with Crippen LogP contribution in [0.3, 0.4) is 0 Å². The molecule has 0 bridgehead atoms. The van der Waals surface area contributed by atoms with Crippen LogP contribution in [0.4, 0.5) is 44.7 Å². The molecule has 32 heteroatoms. The summed E-state index contributed by atoms with van der Waals surface area (Å²) in [6.45, 7) is 7.14. The van der Waals surface area contributed by atoms with Gasteiger partial charge in [-0.15, -0.1) is 15.3 Å². The van der Waals surface area contributed by atoms with Gasteiger partial charge in [-0.05, 0) is 147 Å². The van der Waals surface area contributed by atoms with Crippen LogP contribution in [0.2, 0.25) is 5.28 Å². The number of nitrogens with one attached hydrogen (secondary N) is 2. The molecular formula is C69H79ClN18O10S3. The van der Waals surface area contributed by atoms with E-state index in [-0.39, 0.29) is 43.2 Å². The summed E-state index contributed by atoms with van der Waals surface area (Å²) in [5.41, 5.74) is 13.6. The van der Waals surface area contributed by atoms with Gasteiger partial charge in [0.05, 0.1) is 102 Å². The van der Waals surface area contributed by atoms with E-state index in [1.54, 1.807) is 82.5 Å². The predicted molar refractivity (Wildman–Crippen MR) is 395 cm³/mol. The maximum Gasteiger partial charge on any atom is 0.249 e. The van der Waals surface area contributed by atoms with Gasteiger partial charge in [-0.1, -0.05) is 40.1 Å². The third-order valence-corrected chi connectivity index (χ3v) is 20.6. The highest BCUT2D eigenvalue weighted by Crippen LogP contribution is 2.45. The summed E-state index contributed by atoms with van der Waals surface area (Å²) in [5.74, 6) is 7.73. The van der Waals surface area contributed by atoms with Gasteiger partial charge in [0.2, 0.25) is 28.7 Å². The average molecular weight is 1450 g/mol. The number of aryl methyl sites for hydroxylation is 1. The van der Waals surface area contributed by atoms with Crippen LogP contribution in [0.1, 0.15) is 49.7 Å². The van der Waals surface area contributed by atoms with Crippen LogP contribution < -0.4 is 64.2 Å². The molecule has 12 aromatic rings. The van der Waals surface area contributed by atoms with Crippen LogP contribution >= 0.6 is 45.6 Å². The summed E-state index contributed by atoms with van der Waals surface area (Å²) >= 11 is 10.3. The first-order valence-corrected chi connectivity index (χ1v) is 35.3. The number of methoxy groups -OCH3 is 7. The first-order valence-electron chi connectivity index (χ1n) is 32.5. The molecule has 3 atom stereocenters. The molecule has 101 heavy (non-hydrogen) atoms. The van der Waals surface area contributed by atoms with Gasteiger partial charge in [-0.3, -0.25) is 10.6 Å². The Kier molecular flexibility index (Phi) is 22.5. The summed E-state index contributed by atoms with van der Waals surface area (Å²) in [5, 5.41) is 50.9. The molecule has 0 radical (unpaired) electrons. The molecule has 7 N–H and O–H groups in total. The number of thiazole rings is 3. The van der Waals surface area contributed by atoms with E-state index in [9.17, 15) is 15.3 Å². The molecule has 15 rings (SSSR count). The van der Waals surface area contributed by atoms with E-state index in [4.69, 9.17) is 60.5 Å². The molecule has 3 fully saturated rings. The normalized spacial score (nSPS) is 15.6. The molecule has 530 valence electrons. The van der Waals surface area contributed by atoms with Gasteiger partial charge in [-0.25, -0.2) is 28.5 Å². The molecule has 9 aromatic heterocycles. The Morgan fingerprint density at radius 2 is 0.851 bits per heavy atom. The number of benzene rings is 3. The predicted octanol–water partition coefficient (Wildman–Crippen LogP) is 11.5. The van der Waals surface area contributed by atoms with Crippen LogP contribution in [0.15, 0.2) is 110 Å². The van der Waals surface area contributed by atoms with Crippen LogP contribution in [0.5, 0.6) is 40.2 Å². The zero-order valence-electron chi connectivity index (χ0n) is 57.2. The van der Waals surface area contributed by atoms with Crippen molar-refractivity contribution in [1.29, 1.82) is 0 Å².